The van der Waals surface area contributed by atoms with E-state index in [-0.39, 0.29) is 6.61 Å². The van der Waals surface area contributed by atoms with E-state index in [9.17, 15) is 0 Å². The molecule has 0 radical (unpaired) electrons. The average molecular weight is 230 g/mol. The molecule has 3 nitrogen and oxygen atoms in total. The van der Waals surface area contributed by atoms with Gasteiger partial charge in [-0.1, -0.05) is 17.7 Å². The number of rotatable bonds is 2. The first kappa shape index (κ1) is 11.9. The van der Waals surface area contributed by atoms with E-state index in [0.717, 1.165) is 11.4 Å². The van der Waals surface area contributed by atoms with Crippen molar-refractivity contribution in [1.82, 2.24) is 9.55 Å². The lowest BCUT2D eigenvalue weighted by molar-refractivity contribution is 0.277. The van der Waals surface area contributed by atoms with Gasteiger partial charge in [-0.2, -0.15) is 0 Å². The van der Waals surface area contributed by atoms with E-state index in [0.29, 0.717) is 5.69 Å². The Bertz CT molecular complexity index is 532. The van der Waals surface area contributed by atoms with Crippen LogP contribution in [0.2, 0.25) is 0 Å². The smallest absolute Gasteiger partial charge is 0.140 e. The summed E-state index contributed by atoms with van der Waals surface area (Å²) in [6.07, 6.45) is 1.87. The molecule has 3 heteroatoms. The summed E-state index contributed by atoms with van der Waals surface area (Å²) in [6, 6.07) is 4.32. The van der Waals surface area contributed by atoms with Crippen molar-refractivity contribution in [3.63, 3.8) is 0 Å². The Morgan fingerprint density at radius 1 is 1.18 bits per heavy atom. The van der Waals surface area contributed by atoms with Crippen LogP contribution in [0.3, 0.4) is 0 Å². The monoisotopic (exact) mass is 230 g/mol. The highest BCUT2D eigenvalue weighted by molar-refractivity contribution is 5.66. The fourth-order valence-corrected chi connectivity index (χ4v) is 2.37. The molecule has 1 aromatic heterocycles. The molecule has 0 bridgehead atoms. The number of imidazole rings is 1. The maximum atomic E-state index is 9.13. The topological polar surface area (TPSA) is 38.1 Å². The third-order valence-electron chi connectivity index (χ3n) is 2.99. The summed E-state index contributed by atoms with van der Waals surface area (Å²) in [6.45, 7) is 6.28. The Kier molecular flexibility index (Phi) is 3.03. The number of hydrogen-bond acceptors (Lipinski definition) is 2. The number of nitrogens with zero attached hydrogens (tertiary/aromatic N) is 2. The van der Waals surface area contributed by atoms with Gasteiger partial charge in [0.1, 0.15) is 5.82 Å². The van der Waals surface area contributed by atoms with E-state index in [1.807, 2.05) is 17.8 Å². The summed E-state index contributed by atoms with van der Waals surface area (Å²) in [5, 5.41) is 9.13. The van der Waals surface area contributed by atoms with Gasteiger partial charge in [0.2, 0.25) is 0 Å². The number of aromatic nitrogens is 2. The summed E-state index contributed by atoms with van der Waals surface area (Å²) in [4.78, 5) is 4.46. The van der Waals surface area contributed by atoms with Crippen LogP contribution in [0.5, 0.6) is 0 Å². The second-order valence-corrected chi connectivity index (χ2v) is 4.60. The second-order valence-electron chi connectivity index (χ2n) is 4.60. The number of aryl methyl sites for hydroxylation is 4. The van der Waals surface area contributed by atoms with Gasteiger partial charge in [-0.25, -0.2) is 4.98 Å². The molecule has 0 aliphatic heterocycles. The third-order valence-corrected chi connectivity index (χ3v) is 2.99. The molecular formula is C14H18N2O. The molecule has 0 aliphatic carbocycles. The Morgan fingerprint density at radius 3 is 2.24 bits per heavy atom. The molecule has 0 unspecified atom stereocenters. The zero-order chi connectivity index (χ0) is 12.6. The highest BCUT2D eigenvalue weighted by Crippen LogP contribution is 2.27. The van der Waals surface area contributed by atoms with Crippen molar-refractivity contribution in [2.45, 2.75) is 27.4 Å². The van der Waals surface area contributed by atoms with Crippen LogP contribution in [0.25, 0.3) is 11.4 Å². The maximum absolute atomic E-state index is 9.13. The minimum atomic E-state index is -0.0161. The molecule has 1 aromatic carbocycles. The fraction of sp³-hybridized carbons (Fsp3) is 0.357. The van der Waals surface area contributed by atoms with Crippen LogP contribution in [-0.4, -0.2) is 14.7 Å². The van der Waals surface area contributed by atoms with Gasteiger partial charge < -0.3 is 9.67 Å². The number of hydrogen-bond donors (Lipinski definition) is 1. The summed E-state index contributed by atoms with van der Waals surface area (Å²) >= 11 is 0. The number of aliphatic hydroxyl groups excluding tert-OH is 1. The van der Waals surface area contributed by atoms with E-state index in [2.05, 4.69) is 37.9 Å². The van der Waals surface area contributed by atoms with Crippen LogP contribution in [0, 0.1) is 20.8 Å². The van der Waals surface area contributed by atoms with Crippen molar-refractivity contribution in [1.29, 1.82) is 0 Å². The molecule has 2 aromatic rings. The van der Waals surface area contributed by atoms with E-state index in [1.54, 1.807) is 0 Å². The van der Waals surface area contributed by atoms with Crippen molar-refractivity contribution in [3.05, 3.63) is 40.7 Å². The average Bonchev–Trinajstić information content (AvgIpc) is 2.59. The summed E-state index contributed by atoms with van der Waals surface area (Å²) in [5.41, 5.74) is 5.58. The second kappa shape index (κ2) is 4.34. The minimum absolute atomic E-state index is 0.0161. The van der Waals surface area contributed by atoms with Gasteiger partial charge in [0, 0.05) is 18.8 Å². The van der Waals surface area contributed by atoms with Crippen molar-refractivity contribution in [3.8, 4) is 11.4 Å². The number of aliphatic hydroxyl groups is 1. The van der Waals surface area contributed by atoms with E-state index < -0.39 is 0 Å². The SMILES string of the molecule is Cc1cc(C)c(-c2nc(CO)cn2C)c(C)c1. The molecule has 17 heavy (non-hydrogen) atoms. The van der Waals surface area contributed by atoms with Gasteiger partial charge in [-0.15, -0.1) is 0 Å². The molecule has 0 saturated carbocycles. The first-order chi connectivity index (χ1) is 8.02. The Labute approximate surface area is 102 Å². The Morgan fingerprint density at radius 2 is 1.76 bits per heavy atom. The maximum Gasteiger partial charge on any atom is 0.140 e. The first-order valence-electron chi connectivity index (χ1n) is 5.74. The van der Waals surface area contributed by atoms with Crippen molar-refractivity contribution in [2.24, 2.45) is 7.05 Å². The van der Waals surface area contributed by atoms with Gasteiger partial charge in [0.05, 0.1) is 12.3 Å². The molecule has 0 saturated heterocycles. The lowest BCUT2D eigenvalue weighted by Gasteiger charge is -2.10. The van der Waals surface area contributed by atoms with Crippen LogP contribution in [-0.2, 0) is 13.7 Å². The lowest BCUT2D eigenvalue weighted by Crippen LogP contribution is -1.97. The molecule has 2 rings (SSSR count). The van der Waals surface area contributed by atoms with Gasteiger partial charge in [0.25, 0.3) is 0 Å². The van der Waals surface area contributed by atoms with Crippen molar-refractivity contribution in [2.75, 3.05) is 0 Å². The van der Waals surface area contributed by atoms with Crippen LogP contribution in [0.4, 0.5) is 0 Å². The molecule has 1 heterocycles. The number of benzene rings is 1. The molecule has 0 aliphatic rings. The van der Waals surface area contributed by atoms with Gasteiger partial charge in [0.15, 0.2) is 0 Å². The minimum Gasteiger partial charge on any atom is -0.390 e. The van der Waals surface area contributed by atoms with Gasteiger partial charge >= 0.3 is 0 Å². The highest BCUT2D eigenvalue weighted by Gasteiger charge is 2.12. The molecule has 0 fully saturated rings. The van der Waals surface area contributed by atoms with Crippen LogP contribution in [0.15, 0.2) is 18.3 Å². The van der Waals surface area contributed by atoms with Gasteiger partial charge in [-0.05, 0) is 31.9 Å². The molecule has 0 spiro atoms. The van der Waals surface area contributed by atoms with Crippen molar-refractivity contribution < 1.29 is 5.11 Å². The molecule has 0 amide bonds. The third kappa shape index (κ3) is 2.11. The quantitative estimate of drug-likeness (QED) is 0.860. The zero-order valence-corrected chi connectivity index (χ0v) is 10.8. The largest absolute Gasteiger partial charge is 0.390 e. The van der Waals surface area contributed by atoms with E-state index in [1.165, 1.54) is 16.7 Å². The highest BCUT2D eigenvalue weighted by atomic mass is 16.3. The van der Waals surface area contributed by atoms with Crippen LogP contribution < -0.4 is 0 Å². The molecular weight excluding hydrogens is 212 g/mol. The molecule has 90 valence electrons. The Hall–Kier alpha value is -1.61. The van der Waals surface area contributed by atoms with Crippen LogP contribution in [0.1, 0.15) is 22.4 Å². The standard InChI is InChI=1S/C14H18N2O/c1-9-5-10(2)13(11(3)6-9)14-15-12(8-17)7-16(14)4/h5-7,17H,8H2,1-4H3. The van der Waals surface area contributed by atoms with E-state index >= 15 is 0 Å². The predicted molar refractivity (Wildman–Crippen MR) is 68.8 cm³/mol. The summed E-state index contributed by atoms with van der Waals surface area (Å²) in [7, 11) is 1.96. The zero-order valence-electron chi connectivity index (χ0n) is 10.8. The Balaban J connectivity index is 2.63. The predicted octanol–water partition coefficient (Wildman–Crippen LogP) is 2.50. The first-order valence-corrected chi connectivity index (χ1v) is 5.74. The summed E-state index contributed by atoms with van der Waals surface area (Å²) in [5.74, 6) is 0.920. The summed E-state index contributed by atoms with van der Waals surface area (Å²) < 4.78 is 1.97. The lowest BCUT2D eigenvalue weighted by atomic mass is 9.99. The van der Waals surface area contributed by atoms with Crippen molar-refractivity contribution >= 4 is 0 Å². The van der Waals surface area contributed by atoms with E-state index in [4.69, 9.17) is 5.11 Å². The normalized spacial score (nSPS) is 10.9. The van der Waals surface area contributed by atoms with Gasteiger partial charge in [-0.3, -0.25) is 0 Å². The molecule has 0 atom stereocenters. The fourth-order valence-electron chi connectivity index (χ4n) is 2.37. The van der Waals surface area contributed by atoms with Crippen LogP contribution >= 0.6 is 0 Å². The molecule has 1 N–H and O–H groups in total.